The van der Waals surface area contributed by atoms with Gasteiger partial charge in [-0.15, -0.1) is 0 Å². The maximum atomic E-state index is 13.1. The molecule has 1 heterocycles. The molecule has 0 spiro atoms. The van der Waals surface area contributed by atoms with Gasteiger partial charge < -0.3 is 14.8 Å². The normalized spacial score (nSPS) is 16.9. The lowest BCUT2D eigenvalue weighted by atomic mass is 10.1. The second-order valence-corrected chi connectivity index (χ2v) is 3.98. The molecular weight excluding hydrogens is 228 g/mol. The van der Waals surface area contributed by atoms with Crippen LogP contribution in [-0.2, 0) is 0 Å². The van der Waals surface area contributed by atoms with Crippen LogP contribution in [0, 0.1) is 11.6 Å². The Morgan fingerprint density at radius 1 is 1.12 bits per heavy atom. The molecule has 1 fully saturated rings. The monoisotopic (exact) mass is 243 g/mol. The summed E-state index contributed by atoms with van der Waals surface area (Å²) >= 11 is 0. The Bertz CT molecular complexity index is 392. The van der Waals surface area contributed by atoms with E-state index in [-0.39, 0.29) is 17.6 Å². The Balaban J connectivity index is 2.15. The molecule has 1 aromatic rings. The fourth-order valence-corrected chi connectivity index (χ4v) is 1.85. The second-order valence-electron chi connectivity index (χ2n) is 3.98. The van der Waals surface area contributed by atoms with E-state index in [1.54, 1.807) is 0 Å². The molecule has 1 aliphatic rings. The van der Waals surface area contributed by atoms with Crippen molar-refractivity contribution >= 4 is 0 Å². The minimum atomic E-state index is -0.931. The van der Waals surface area contributed by atoms with Crippen LogP contribution >= 0.6 is 0 Å². The highest BCUT2D eigenvalue weighted by atomic mass is 19.2. The number of hydrogen-bond donors (Lipinski definition) is 1. The van der Waals surface area contributed by atoms with Crippen LogP contribution in [0.4, 0.5) is 8.78 Å². The van der Waals surface area contributed by atoms with E-state index in [1.165, 1.54) is 7.11 Å². The van der Waals surface area contributed by atoms with Crippen LogP contribution in [0.25, 0.3) is 0 Å². The van der Waals surface area contributed by atoms with Crippen molar-refractivity contribution < 1.29 is 18.3 Å². The van der Waals surface area contributed by atoms with Crippen molar-refractivity contribution in [1.82, 2.24) is 5.32 Å². The van der Waals surface area contributed by atoms with Crippen molar-refractivity contribution in [2.45, 2.75) is 18.9 Å². The van der Waals surface area contributed by atoms with Gasteiger partial charge in [0.15, 0.2) is 23.1 Å². The van der Waals surface area contributed by atoms with Gasteiger partial charge in [0.2, 0.25) is 0 Å². The number of halogens is 2. The number of ether oxygens (including phenoxy) is 2. The number of nitrogens with one attached hydrogen (secondary N) is 1. The maximum absolute atomic E-state index is 13.1. The summed E-state index contributed by atoms with van der Waals surface area (Å²) in [5.41, 5.74) is 0. The van der Waals surface area contributed by atoms with Gasteiger partial charge in [-0.3, -0.25) is 0 Å². The molecule has 3 nitrogen and oxygen atoms in total. The van der Waals surface area contributed by atoms with Crippen molar-refractivity contribution in [1.29, 1.82) is 0 Å². The second kappa shape index (κ2) is 5.31. The van der Waals surface area contributed by atoms with Gasteiger partial charge in [0.25, 0.3) is 0 Å². The molecule has 17 heavy (non-hydrogen) atoms. The van der Waals surface area contributed by atoms with Gasteiger partial charge in [-0.1, -0.05) is 0 Å². The van der Waals surface area contributed by atoms with Gasteiger partial charge in [-0.05, 0) is 25.9 Å². The summed E-state index contributed by atoms with van der Waals surface area (Å²) in [7, 11) is 1.40. The standard InChI is InChI=1S/C12H15F2NO2/c1-16-11-6-9(13)10(14)7-12(11)17-8-2-4-15-5-3-8/h6-8,15H,2-5H2,1H3. The van der Waals surface area contributed by atoms with E-state index < -0.39 is 11.6 Å². The van der Waals surface area contributed by atoms with Crippen molar-refractivity contribution in [2.75, 3.05) is 20.2 Å². The van der Waals surface area contributed by atoms with Gasteiger partial charge in [0.05, 0.1) is 7.11 Å². The Kier molecular flexibility index (Phi) is 3.78. The SMILES string of the molecule is COc1cc(F)c(F)cc1OC1CCNCC1. The number of benzene rings is 1. The molecule has 0 bridgehead atoms. The fraction of sp³-hybridized carbons (Fsp3) is 0.500. The molecule has 0 atom stereocenters. The fourth-order valence-electron chi connectivity index (χ4n) is 1.85. The summed E-state index contributed by atoms with van der Waals surface area (Å²) in [4.78, 5) is 0. The third-order valence-electron chi connectivity index (χ3n) is 2.79. The van der Waals surface area contributed by atoms with Gasteiger partial charge in [-0.2, -0.15) is 0 Å². The van der Waals surface area contributed by atoms with Crippen molar-refractivity contribution in [3.05, 3.63) is 23.8 Å². The molecule has 1 aliphatic heterocycles. The zero-order valence-corrected chi connectivity index (χ0v) is 9.63. The van der Waals surface area contributed by atoms with Gasteiger partial charge in [0, 0.05) is 12.1 Å². The summed E-state index contributed by atoms with van der Waals surface area (Å²) in [5, 5.41) is 3.20. The summed E-state index contributed by atoms with van der Waals surface area (Å²) in [6.45, 7) is 1.74. The Morgan fingerprint density at radius 2 is 1.71 bits per heavy atom. The third kappa shape index (κ3) is 2.85. The van der Waals surface area contributed by atoms with Crippen LogP contribution in [0.1, 0.15) is 12.8 Å². The quantitative estimate of drug-likeness (QED) is 0.882. The highest BCUT2D eigenvalue weighted by molar-refractivity contribution is 5.40. The molecule has 0 amide bonds. The molecule has 0 aromatic heterocycles. The topological polar surface area (TPSA) is 30.5 Å². The zero-order valence-electron chi connectivity index (χ0n) is 9.63. The van der Waals surface area contributed by atoms with Crippen LogP contribution in [0.5, 0.6) is 11.5 Å². The predicted molar refractivity (Wildman–Crippen MR) is 59.4 cm³/mol. The molecule has 94 valence electrons. The highest BCUT2D eigenvalue weighted by Crippen LogP contribution is 2.31. The first kappa shape index (κ1) is 12.1. The van der Waals surface area contributed by atoms with E-state index in [9.17, 15) is 8.78 Å². The zero-order chi connectivity index (χ0) is 12.3. The number of piperidine rings is 1. The molecule has 5 heteroatoms. The van der Waals surface area contributed by atoms with Crippen LogP contribution < -0.4 is 14.8 Å². The Hall–Kier alpha value is -1.36. The van der Waals surface area contributed by atoms with Crippen LogP contribution in [0.2, 0.25) is 0 Å². The smallest absolute Gasteiger partial charge is 0.164 e. The van der Waals surface area contributed by atoms with Crippen molar-refractivity contribution in [2.24, 2.45) is 0 Å². The van der Waals surface area contributed by atoms with Crippen molar-refractivity contribution in [3.8, 4) is 11.5 Å². The molecule has 0 saturated carbocycles. The first-order chi connectivity index (χ1) is 8.20. The molecule has 1 N–H and O–H groups in total. The molecule has 2 rings (SSSR count). The lowest BCUT2D eigenvalue weighted by molar-refractivity contribution is 0.155. The van der Waals surface area contributed by atoms with Crippen LogP contribution in [0.15, 0.2) is 12.1 Å². The highest BCUT2D eigenvalue weighted by Gasteiger charge is 2.18. The van der Waals surface area contributed by atoms with E-state index >= 15 is 0 Å². The average molecular weight is 243 g/mol. The van der Waals surface area contributed by atoms with Gasteiger partial charge in [0.1, 0.15) is 6.10 Å². The third-order valence-corrected chi connectivity index (χ3v) is 2.79. The predicted octanol–water partition coefficient (Wildman–Crippen LogP) is 2.10. The molecule has 0 unspecified atom stereocenters. The number of hydrogen-bond acceptors (Lipinski definition) is 3. The molecular formula is C12H15F2NO2. The minimum Gasteiger partial charge on any atom is -0.493 e. The average Bonchev–Trinajstić information content (AvgIpc) is 2.35. The molecule has 0 radical (unpaired) electrons. The van der Waals surface area contributed by atoms with E-state index in [0.717, 1.165) is 38.1 Å². The summed E-state index contributed by atoms with van der Waals surface area (Å²) in [5.74, 6) is -1.37. The van der Waals surface area contributed by atoms with E-state index in [4.69, 9.17) is 9.47 Å². The summed E-state index contributed by atoms with van der Waals surface area (Å²) in [6.07, 6.45) is 1.72. The van der Waals surface area contributed by atoms with E-state index in [1.807, 2.05) is 0 Å². The van der Waals surface area contributed by atoms with Gasteiger partial charge >= 0.3 is 0 Å². The Morgan fingerprint density at radius 3 is 2.29 bits per heavy atom. The largest absolute Gasteiger partial charge is 0.493 e. The molecule has 1 aromatic carbocycles. The van der Waals surface area contributed by atoms with Crippen molar-refractivity contribution in [3.63, 3.8) is 0 Å². The summed E-state index contributed by atoms with van der Waals surface area (Å²) < 4.78 is 36.7. The first-order valence-electron chi connectivity index (χ1n) is 5.61. The summed E-state index contributed by atoms with van der Waals surface area (Å²) in [6, 6.07) is 2.04. The molecule has 1 saturated heterocycles. The lowest BCUT2D eigenvalue weighted by Crippen LogP contribution is -2.34. The first-order valence-corrected chi connectivity index (χ1v) is 5.61. The number of rotatable bonds is 3. The lowest BCUT2D eigenvalue weighted by Gasteiger charge is -2.24. The Labute approximate surface area is 98.7 Å². The van der Waals surface area contributed by atoms with Crippen LogP contribution in [-0.4, -0.2) is 26.3 Å². The molecule has 0 aliphatic carbocycles. The maximum Gasteiger partial charge on any atom is 0.164 e. The van der Waals surface area contributed by atoms with Crippen LogP contribution in [0.3, 0.4) is 0 Å². The van der Waals surface area contributed by atoms with E-state index in [2.05, 4.69) is 5.32 Å². The van der Waals surface area contributed by atoms with Gasteiger partial charge in [-0.25, -0.2) is 8.78 Å². The van der Waals surface area contributed by atoms with E-state index in [0.29, 0.717) is 0 Å². The number of methoxy groups -OCH3 is 1. The minimum absolute atomic E-state index is 0.0232.